The molecule has 4 rings (SSSR count). The third kappa shape index (κ3) is 4.14. The van der Waals surface area contributed by atoms with Crippen LogP contribution in [0.15, 0.2) is 91.5 Å². The standard InChI is InChI=1S/C24H20N2O3/c27-20-7-1-17(2-8-20)23(15-26-14-13-25-16-26)24(18-3-9-21(28)10-4-18)19-5-11-22(29)12-6-19/h1-14,16,27-29H,15H2. The van der Waals surface area contributed by atoms with Gasteiger partial charge in [-0.15, -0.1) is 0 Å². The van der Waals surface area contributed by atoms with Crippen LogP contribution >= 0.6 is 0 Å². The number of aromatic hydroxyl groups is 3. The Hall–Kier alpha value is -3.99. The first-order valence-corrected chi connectivity index (χ1v) is 9.17. The second-order valence-corrected chi connectivity index (χ2v) is 6.73. The maximum absolute atomic E-state index is 9.75. The lowest BCUT2D eigenvalue weighted by atomic mass is 9.89. The molecule has 0 saturated heterocycles. The van der Waals surface area contributed by atoms with Crippen molar-refractivity contribution in [2.75, 3.05) is 0 Å². The SMILES string of the molecule is Oc1ccc(C(Cn2ccnc2)=C(c2ccc(O)cc2)c2ccc(O)cc2)cc1. The molecule has 144 valence electrons. The van der Waals surface area contributed by atoms with Crippen LogP contribution in [0.3, 0.4) is 0 Å². The van der Waals surface area contributed by atoms with Crippen LogP contribution in [0, 0.1) is 0 Å². The summed E-state index contributed by atoms with van der Waals surface area (Å²) in [6, 6.07) is 21.2. The van der Waals surface area contributed by atoms with Crippen molar-refractivity contribution in [3.05, 3.63) is 108 Å². The average Bonchev–Trinajstić information content (AvgIpc) is 3.24. The van der Waals surface area contributed by atoms with Crippen molar-refractivity contribution in [2.24, 2.45) is 0 Å². The third-order valence-electron chi connectivity index (χ3n) is 4.73. The summed E-state index contributed by atoms with van der Waals surface area (Å²) in [5.74, 6) is 0.589. The molecule has 5 nitrogen and oxygen atoms in total. The van der Waals surface area contributed by atoms with Gasteiger partial charge in [0.15, 0.2) is 0 Å². The van der Waals surface area contributed by atoms with Crippen LogP contribution < -0.4 is 0 Å². The zero-order valence-corrected chi connectivity index (χ0v) is 15.6. The molecule has 0 spiro atoms. The highest BCUT2D eigenvalue weighted by Crippen LogP contribution is 2.35. The Kier molecular flexibility index (Phi) is 5.03. The Morgan fingerprint density at radius 3 is 1.52 bits per heavy atom. The van der Waals surface area contributed by atoms with Crippen LogP contribution in [0.25, 0.3) is 11.1 Å². The van der Waals surface area contributed by atoms with Gasteiger partial charge in [-0.1, -0.05) is 36.4 Å². The maximum Gasteiger partial charge on any atom is 0.115 e. The topological polar surface area (TPSA) is 78.5 Å². The minimum atomic E-state index is 0.194. The number of benzene rings is 3. The quantitative estimate of drug-likeness (QED) is 0.437. The largest absolute Gasteiger partial charge is 0.508 e. The van der Waals surface area contributed by atoms with Gasteiger partial charge >= 0.3 is 0 Å². The summed E-state index contributed by atoms with van der Waals surface area (Å²) in [4.78, 5) is 4.15. The third-order valence-corrected chi connectivity index (χ3v) is 4.73. The van der Waals surface area contributed by atoms with Gasteiger partial charge in [-0.25, -0.2) is 4.98 Å². The van der Waals surface area contributed by atoms with Gasteiger partial charge in [0.25, 0.3) is 0 Å². The summed E-state index contributed by atoms with van der Waals surface area (Å²) in [5.41, 5.74) is 4.78. The van der Waals surface area contributed by atoms with Crippen molar-refractivity contribution in [3.63, 3.8) is 0 Å². The minimum absolute atomic E-state index is 0.194. The lowest BCUT2D eigenvalue weighted by Crippen LogP contribution is -2.03. The first-order valence-electron chi connectivity index (χ1n) is 9.17. The number of phenols is 3. The molecule has 4 aromatic rings. The predicted octanol–water partition coefficient (Wildman–Crippen LogP) is 4.66. The number of rotatable bonds is 5. The van der Waals surface area contributed by atoms with Gasteiger partial charge in [-0.2, -0.15) is 0 Å². The molecule has 3 aromatic carbocycles. The van der Waals surface area contributed by atoms with Crippen LogP contribution in [0.5, 0.6) is 17.2 Å². The maximum atomic E-state index is 9.75. The van der Waals surface area contributed by atoms with Gasteiger partial charge in [0.2, 0.25) is 0 Å². The Morgan fingerprint density at radius 2 is 1.10 bits per heavy atom. The first-order chi connectivity index (χ1) is 14.1. The molecule has 5 heteroatoms. The molecule has 1 aromatic heterocycles. The van der Waals surface area contributed by atoms with Gasteiger partial charge in [0.1, 0.15) is 17.2 Å². The van der Waals surface area contributed by atoms with E-state index in [-0.39, 0.29) is 17.2 Å². The number of nitrogens with zero attached hydrogens (tertiary/aromatic N) is 2. The zero-order valence-electron chi connectivity index (χ0n) is 15.6. The summed E-state index contributed by atoms with van der Waals surface area (Å²) in [5, 5.41) is 29.2. The van der Waals surface area contributed by atoms with Crippen LogP contribution in [0.4, 0.5) is 0 Å². The molecule has 0 unspecified atom stereocenters. The second kappa shape index (κ2) is 7.94. The van der Waals surface area contributed by atoms with Gasteiger partial charge in [-0.3, -0.25) is 0 Å². The molecule has 0 aliphatic rings. The minimum Gasteiger partial charge on any atom is -0.508 e. The van der Waals surface area contributed by atoms with E-state index in [9.17, 15) is 15.3 Å². The molecule has 0 bridgehead atoms. The molecular formula is C24H20N2O3. The highest BCUT2D eigenvalue weighted by molar-refractivity contribution is 5.98. The normalized spacial score (nSPS) is 10.6. The smallest absolute Gasteiger partial charge is 0.115 e. The average molecular weight is 384 g/mol. The zero-order chi connectivity index (χ0) is 20.2. The molecule has 0 radical (unpaired) electrons. The van der Waals surface area contributed by atoms with Crippen LogP contribution in [0.2, 0.25) is 0 Å². The monoisotopic (exact) mass is 384 g/mol. The van der Waals surface area contributed by atoms with E-state index in [0.29, 0.717) is 6.54 Å². The fraction of sp³-hybridized carbons (Fsp3) is 0.0417. The van der Waals surface area contributed by atoms with Gasteiger partial charge in [-0.05, 0) is 64.2 Å². The van der Waals surface area contributed by atoms with Crippen LogP contribution in [-0.4, -0.2) is 24.9 Å². The van der Waals surface area contributed by atoms with Crippen LogP contribution in [0.1, 0.15) is 16.7 Å². The fourth-order valence-corrected chi connectivity index (χ4v) is 3.31. The molecule has 0 atom stereocenters. The highest BCUT2D eigenvalue weighted by Gasteiger charge is 2.15. The van der Waals surface area contributed by atoms with E-state index >= 15 is 0 Å². The molecule has 3 N–H and O–H groups in total. The van der Waals surface area contributed by atoms with Crippen molar-refractivity contribution >= 4 is 11.1 Å². The van der Waals surface area contributed by atoms with E-state index in [4.69, 9.17) is 0 Å². The van der Waals surface area contributed by atoms with E-state index in [1.54, 1.807) is 48.9 Å². The van der Waals surface area contributed by atoms with E-state index in [0.717, 1.165) is 27.8 Å². The van der Waals surface area contributed by atoms with Crippen LogP contribution in [-0.2, 0) is 6.54 Å². The second-order valence-electron chi connectivity index (χ2n) is 6.73. The van der Waals surface area contributed by atoms with E-state index < -0.39 is 0 Å². The van der Waals surface area contributed by atoms with Crippen molar-refractivity contribution in [3.8, 4) is 17.2 Å². The van der Waals surface area contributed by atoms with Gasteiger partial charge in [0, 0.05) is 18.9 Å². The number of hydrogen-bond acceptors (Lipinski definition) is 4. The molecular weight excluding hydrogens is 364 g/mol. The Balaban J connectivity index is 1.98. The van der Waals surface area contributed by atoms with E-state index in [1.807, 2.05) is 47.2 Å². The summed E-state index contributed by atoms with van der Waals surface area (Å²) < 4.78 is 1.98. The van der Waals surface area contributed by atoms with E-state index in [1.165, 1.54) is 0 Å². The molecule has 29 heavy (non-hydrogen) atoms. The Morgan fingerprint density at radius 1 is 0.655 bits per heavy atom. The molecule has 0 fully saturated rings. The lowest BCUT2D eigenvalue weighted by Gasteiger charge is -2.18. The number of allylic oxidation sites excluding steroid dienone is 1. The van der Waals surface area contributed by atoms with Crippen molar-refractivity contribution in [1.29, 1.82) is 0 Å². The fourth-order valence-electron chi connectivity index (χ4n) is 3.31. The predicted molar refractivity (Wildman–Crippen MR) is 112 cm³/mol. The van der Waals surface area contributed by atoms with E-state index in [2.05, 4.69) is 4.98 Å². The Bertz CT molecular complexity index is 1060. The Labute approximate surface area is 168 Å². The number of aromatic nitrogens is 2. The molecule has 0 aliphatic heterocycles. The molecule has 0 amide bonds. The van der Waals surface area contributed by atoms with Crippen molar-refractivity contribution in [1.82, 2.24) is 9.55 Å². The number of hydrogen-bond donors (Lipinski definition) is 3. The van der Waals surface area contributed by atoms with Gasteiger partial charge < -0.3 is 19.9 Å². The first kappa shape index (κ1) is 18.4. The summed E-state index contributed by atoms with van der Waals surface area (Å²) >= 11 is 0. The van der Waals surface area contributed by atoms with Crippen molar-refractivity contribution < 1.29 is 15.3 Å². The molecule has 1 heterocycles. The molecule has 0 aliphatic carbocycles. The molecule has 0 saturated carbocycles. The number of imidazole rings is 1. The van der Waals surface area contributed by atoms with Gasteiger partial charge in [0.05, 0.1) is 6.33 Å². The summed E-state index contributed by atoms with van der Waals surface area (Å²) in [6.45, 7) is 0.557. The number of phenolic OH excluding ortho intramolecular Hbond substituents is 3. The lowest BCUT2D eigenvalue weighted by molar-refractivity contribution is 0.474. The summed E-state index contributed by atoms with van der Waals surface area (Å²) in [6.07, 6.45) is 5.38. The van der Waals surface area contributed by atoms with Crippen molar-refractivity contribution in [2.45, 2.75) is 6.54 Å². The summed E-state index contributed by atoms with van der Waals surface area (Å²) in [7, 11) is 0. The highest BCUT2D eigenvalue weighted by atomic mass is 16.3.